The second-order valence-electron chi connectivity index (χ2n) is 9.06. The normalized spacial score (nSPS) is 20.0. The van der Waals surface area contributed by atoms with Crippen LogP contribution in [-0.4, -0.2) is 40.7 Å². The highest BCUT2D eigenvalue weighted by atomic mass is 16.2. The third-order valence-electron chi connectivity index (χ3n) is 6.02. The van der Waals surface area contributed by atoms with Gasteiger partial charge in [0.2, 0.25) is 5.91 Å². The number of carbonyl (C=O) groups excluding carboxylic acids is 2. The van der Waals surface area contributed by atoms with Crippen molar-refractivity contribution in [3.05, 3.63) is 41.7 Å². The van der Waals surface area contributed by atoms with Crippen LogP contribution in [0.25, 0.3) is 5.52 Å². The van der Waals surface area contributed by atoms with Gasteiger partial charge >= 0.3 is 0 Å². The third-order valence-corrected chi connectivity index (χ3v) is 6.02. The molecule has 2 aromatic rings. The maximum absolute atomic E-state index is 12.9. The Morgan fingerprint density at radius 2 is 1.96 bits per heavy atom. The van der Waals surface area contributed by atoms with Gasteiger partial charge in [-0.1, -0.05) is 34.1 Å². The number of fused-ring (bicyclic) bond motifs is 1. The average molecular weight is 384 g/mol. The van der Waals surface area contributed by atoms with E-state index in [2.05, 4.69) is 25.2 Å². The summed E-state index contributed by atoms with van der Waals surface area (Å²) in [6.45, 7) is 12.5. The molecule has 3 heterocycles. The number of amides is 2. The van der Waals surface area contributed by atoms with Gasteiger partial charge in [-0.05, 0) is 48.9 Å². The summed E-state index contributed by atoms with van der Waals surface area (Å²) in [5, 5.41) is 3.08. The number of pyridine rings is 1. The van der Waals surface area contributed by atoms with Crippen LogP contribution in [0.15, 0.2) is 30.6 Å². The van der Waals surface area contributed by atoms with Gasteiger partial charge in [0.1, 0.15) is 0 Å². The number of hydrogen-bond donors (Lipinski definition) is 1. The van der Waals surface area contributed by atoms with E-state index in [-0.39, 0.29) is 17.2 Å². The molecular formula is C23H33N3O2. The Morgan fingerprint density at radius 3 is 2.68 bits per heavy atom. The first-order valence-electron chi connectivity index (χ1n) is 10.4. The number of rotatable bonds is 6. The van der Waals surface area contributed by atoms with E-state index in [1.54, 1.807) is 0 Å². The van der Waals surface area contributed by atoms with Crippen LogP contribution in [0.2, 0.25) is 0 Å². The molecule has 0 radical (unpaired) electrons. The molecule has 0 aromatic carbocycles. The summed E-state index contributed by atoms with van der Waals surface area (Å²) in [4.78, 5) is 27.5. The van der Waals surface area contributed by atoms with Crippen LogP contribution < -0.4 is 5.32 Å². The molecule has 5 nitrogen and oxygen atoms in total. The van der Waals surface area contributed by atoms with Gasteiger partial charge < -0.3 is 14.6 Å². The van der Waals surface area contributed by atoms with Crippen LogP contribution in [-0.2, 0) is 4.79 Å². The van der Waals surface area contributed by atoms with Crippen molar-refractivity contribution in [3.63, 3.8) is 0 Å². The Morgan fingerprint density at radius 1 is 1.21 bits per heavy atom. The lowest BCUT2D eigenvalue weighted by Crippen LogP contribution is -2.40. The first-order valence-corrected chi connectivity index (χ1v) is 10.4. The topological polar surface area (TPSA) is 53.8 Å². The molecule has 152 valence electrons. The first kappa shape index (κ1) is 20.4. The van der Waals surface area contributed by atoms with Crippen molar-refractivity contribution < 1.29 is 9.59 Å². The van der Waals surface area contributed by atoms with Gasteiger partial charge in [0.25, 0.3) is 5.91 Å². The average Bonchev–Trinajstić information content (AvgIpc) is 3.19. The second kappa shape index (κ2) is 7.98. The lowest BCUT2D eigenvalue weighted by molar-refractivity contribution is -0.139. The number of hydrogen-bond acceptors (Lipinski definition) is 2. The summed E-state index contributed by atoms with van der Waals surface area (Å²) < 4.78 is 1.98. The van der Waals surface area contributed by atoms with Crippen LogP contribution >= 0.6 is 0 Å². The predicted molar refractivity (Wildman–Crippen MR) is 112 cm³/mol. The molecule has 0 spiro atoms. The molecule has 5 heteroatoms. The molecule has 0 saturated carbocycles. The van der Waals surface area contributed by atoms with Gasteiger partial charge in [-0.3, -0.25) is 9.59 Å². The van der Waals surface area contributed by atoms with E-state index in [0.29, 0.717) is 23.9 Å². The molecule has 1 N–H and O–H groups in total. The third kappa shape index (κ3) is 4.23. The van der Waals surface area contributed by atoms with Crippen molar-refractivity contribution >= 4 is 17.3 Å². The molecule has 28 heavy (non-hydrogen) atoms. The van der Waals surface area contributed by atoms with E-state index in [1.165, 1.54) is 5.56 Å². The fourth-order valence-corrected chi connectivity index (χ4v) is 4.34. The van der Waals surface area contributed by atoms with E-state index >= 15 is 0 Å². The summed E-state index contributed by atoms with van der Waals surface area (Å²) in [5.41, 5.74) is 2.61. The van der Waals surface area contributed by atoms with Crippen molar-refractivity contribution in [2.75, 3.05) is 19.6 Å². The molecular weight excluding hydrogens is 350 g/mol. The first-order chi connectivity index (χ1) is 13.2. The Kier molecular flexibility index (Phi) is 5.82. The van der Waals surface area contributed by atoms with Crippen molar-refractivity contribution in [1.29, 1.82) is 0 Å². The number of nitrogens with zero attached hydrogens (tertiary/aromatic N) is 2. The van der Waals surface area contributed by atoms with Crippen LogP contribution in [0.3, 0.4) is 0 Å². The van der Waals surface area contributed by atoms with Crippen LogP contribution in [0.4, 0.5) is 0 Å². The van der Waals surface area contributed by atoms with E-state index in [4.69, 9.17) is 0 Å². The fraction of sp³-hybridized carbons (Fsp3) is 0.565. The summed E-state index contributed by atoms with van der Waals surface area (Å²) in [7, 11) is 0. The number of nitrogens with one attached hydrogen (secondary N) is 1. The Balaban J connectivity index is 1.59. The highest BCUT2D eigenvalue weighted by Crippen LogP contribution is 2.30. The van der Waals surface area contributed by atoms with Crippen molar-refractivity contribution in [2.45, 2.75) is 47.5 Å². The molecule has 0 aliphatic carbocycles. The van der Waals surface area contributed by atoms with Crippen molar-refractivity contribution in [1.82, 2.24) is 14.6 Å². The van der Waals surface area contributed by atoms with Gasteiger partial charge in [-0.25, -0.2) is 0 Å². The molecule has 3 rings (SSSR count). The molecule has 1 fully saturated rings. The highest BCUT2D eigenvalue weighted by Gasteiger charge is 2.38. The smallest absolute Gasteiger partial charge is 0.252 e. The Bertz CT molecular complexity index is 868. The molecule has 1 aliphatic rings. The minimum absolute atomic E-state index is 0.0588. The molecule has 2 amide bonds. The van der Waals surface area contributed by atoms with Gasteiger partial charge in [0.15, 0.2) is 0 Å². The number of aromatic nitrogens is 1. The fourth-order valence-electron chi connectivity index (χ4n) is 4.34. The van der Waals surface area contributed by atoms with E-state index in [0.717, 1.165) is 31.4 Å². The highest BCUT2D eigenvalue weighted by molar-refractivity contribution is 5.94. The van der Waals surface area contributed by atoms with Gasteiger partial charge in [-0.2, -0.15) is 0 Å². The largest absolute Gasteiger partial charge is 0.352 e. The zero-order valence-electron chi connectivity index (χ0n) is 17.8. The van der Waals surface area contributed by atoms with Crippen LogP contribution in [0.1, 0.15) is 56.5 Å². The number of carbonyl (C=O) groups is 2. The number of aryl methyl sites for hydroxylation is 1. The van der Waals surface area contributed by atoms with Gasteiger partial charge in [-0.15, -0.1) is 0 Å². The van der Waals surface area contributed by atoms with Gasteiger partial charge in [0, 0.05) is 43.0 Å². The van der Waals surface area contributed by atoms with Crippen LogP contribution in [0, 0.1) is 24.2 Å². The monoisotopic (exact) mass is 383 g/mol. The summed E-state index contributed by atoms with van der Waals surface area (Å²) in [6, 6.07) is 5.93. The minimum Gasteiger partial charge on any atom is -0.352 e. The zero-order chi connectivity index (χ0) is 20.5. The molecule has 1 aliphatic heterocycles. The summed E-state index contributed by atoms with van der Waals surface area (Å²) >= 11 is 0. The van der Waals surface area contributed by atoms with Gasteiger partial charge in [0.05, 0.1) is 5.56 Å². The summed E-state index contributed by atoms with van der Waals surface area (Å²) in [6.07, 6.45) is 5.80. The van der Waals surface area contributed by atoms with Crippen molar-refractivity contribution in [3.8, 4) is 0 Å². The zero-order valence-corrected chi connectivity index (χ0v) is 17.8. The quantitative estimate of drug-likeness (QED) is 0.822. The van der Waals surface area contributed by atoms with Crippen LogP contribution in [0.5, 0.6) is 0 Å². The molecule has 0 unspecified atom stereocenters. The minimum atomic E-state index is -0.309. The predicted octanol–water partition coefficient (Wildman–Crippen LogP) is 3.90. The molecule has 2 atom stereocenters. The maximum Gasteiger partial charge on any atom is 0.252 e. The Hall–Kier alpha value is -2.30. The second-order valence-corrected chi connectivity index (χ2v) is 9.06. The lowest BCUT2D eigenvalue weighted by Gasteiger charge is -2.29. The molecule has 0 bridgehead atoms. The van der Waals surface area contributed by atoms with Crippen molar-refractivity contribution in [2.24, 2.45) is 17.3 Å². The van der Waals surface area contributed by atoms with E-state index in [1.807, 2.05) is 54.6 Å². The Labute approximate surface area is 168 Å². The van der Waals surface area contributed by atoms with E-state index in [9.17, 15) is 9.59 Å². The number of likely N-dealkylation sites (tertiary alicyclic amines) is 1. The van der Waals surface area contributed by atoms with E-state index < -0.39 is 0 Å². The lowest BCUT2D eigenvalue weighted by atomic mass is 9.86. The molecule has 2 aromatic heterocycles. The summed E-state index contributed by atoms with van der Waals surface area (Å²) in [5.74, 6) is 0.860. The molecule has 1 saturated heterocycles. The maximum atomic E-state index is 12.9. The standard InChI is InChI=1S/C23H33N3O2/c1-6-9-23(4,5)22(28)26-13-17(3)19(15-26)11-24-21(27)18-7-8-20-10-16(2)12-25(20)14-18/h7-8,10,12,14,17,19H,6,9,11,13,15H2,1-5H3,(H,24,27)/t17-,19-/m1/s1. The SMILES string of the molecule is CCCC(C)(C)C(=O)N1C[C@@H](CNC(=O)c2ccc3cc(C)cn3c2)[C@H](C)C1.